The van der Waals surface area contributed by atoms with Gasteiger partial charge in [-0.1, -0.05) is 24.4 Å². The summed E-state index contributed by atoms with van der Waals surface area (Å²) in [6, 6.07) is 0. The first-order valence-electron chi connectivity index (χ1n) is 7.28. The van der Waals surface area contributed by atoms with E-state index in [0.29, 0.717) is 23.2 Å². The number of aliphatic hydroxyl groups excluding tert-OH is 1. The molecule has 5 nitrogen and oxygen atoms in total. The third-order valence-corrected chi connectivity index (χ3v) is 4.67. The van der Waals surface area contributed by atoms with E-state index in [1.807, 2.05) is 0 Å². The van der Waals surface area contributed by atoms with E-state index in [-0.39, 0.29) is 12.2 Å². The second-order valence-electron chi connectivity index (χ2n) is 6.07. The fourth-order valence-electron chi connectivity index (χ4n) is 2.90. The van der Waals surface area contributed by atoms with Crippen molar-refractivity contribution in [1.82, 2.24) is 9.78 Å². The molecule has 0 spiro atoms. The van der Waals surface area contributed by atoms with E-state index < -0.39 is 5.54 Å². The molecule has 0 aromatic carbocycles. The van der Waals surface area contributed by atoms with Gasteiger partial charge in [-0.15, -0.1) is 0 Å². The summed E-state index contributed by atoms with van der Waals surface area (Å²) in [6.45, 7) is 0.685. The minimum absolute atomic E-state index is 0.0215. The molecule has 2 aliphatic rings. The molecule has 0 saturated heterocycles. The van der Waals surface area contributed by atoms with E-state index in [4.69, 9.17) is 11.6 Å². The van der Waals surface area contributed by atoms with Crippen molar-refractivity contribution in [2.45, 2.75) is 50.6 Å². The summed E-state index contributed by atoms with van der Waals surface area (Å²) < 4.78 is 1.49. The maximum absolute atomic E-state index is 12.5. The Hall–Kier alpha value is -1.07. The summed E-state index contributed by atoms with van der Waals surface area (Å²) in [5.41, 5.74) is -0.191. The number of hydrogen-bond acceptors (Lipinski definition) is 4. The molecule has 0 radical (unpaired) electrons. The van der Waals surface area contributed by atoms with Gasteiger partial charge < -0.3 is 10.4 Å². The number of aromatic nitrogens is 2. The van der Waals surface area contributed by atoms with Crippen LogP contribution in [0.1, 0.15) is 38.5 Å². The van der Waals surface area contributed by atoms with Crippen molar-refractivity contribution in [2.75, 3.05) is 11.9 Å². The quantitative estimate of drug-likeness (QED) is 0.872. The summed E-state index contributed by atoms with van der Waals surface area (Å²) >= 11 is 6.13. The van der Waals surface area contributed by atoms with Crippen molar-refractivity contribution in [3.05, 3.63) is 21.6 Å². The van der Waals surface area contributed by atoms with E-state index in [1.165, 1.54) is 23.7 Å². The maximum atomic E-state index is 12.5. The summed E-state index contributed by atoms with van der Waals surface area (Å²) in [7, 11) is 0. The van der Waals surface area contributed by atoms with Crippen molar-refractivity contribution in [1.29, 1.82) is 0 Å². The molecular weight excluding hydrogens is 278 g/mol. The molecule has 20 heavy (non-hydrogen) atoms. The Morgan fingerprint density at radius 2 is 2.15 bits per heavy atom. The summed E-state index contributed by atoms with van der Waals surface area (Å²) in [4.78, 5) is 12.5. The second-order valence-corrected chi connectivity index (χ2v) is 6.48. The van der Waals surface area contributed by atoms with Crippen molar-refractivity contribution in [3.63, 3.8) is 0 Å². The van der Waals surface area contributed by atoms with Crippen molar-refractivity contribution >= 4 is 17.3 Å². The molecule has 1 heterocycles. The zero-order chi connectivity index (χ0) is 14.2. The summed E-state index contributed by atoms with van der Waals surface area (Å²) in [5.74, 6) is 0.576. The van der Waals surface area contributed by atoms with Crippen LogP contribution in [0, 0.1) is 5.92 Å². The van der Waals surface area contributed by atoms with Gasteiger partial charge >= 0.3 is 0 Å². The predicted molar refractivity (Wildman–Crippen MR) is 78.1 cm³/mol. The first-order chi connectivity index (χ1) is 9.63. The van der Waals surface area contributed by atoms with Gasteiger partial charge in [-0.05, 0) is 31.6 Å². The highest BCUT2D eigenvalue weighted by molar-refractivity contribution is 6.33. The van der Waals surface area contributed by atoms with Crippen LogP contribution in [-0.2, 0) is 6.54 Å². The normalized spacial score (nSPS) is 21.1. The monoisotopic (exact) mass is 297 g/mol. The first kappa shape index (κ1) is 13.9. The van der Waals surface area contributed by atoms with Crippen LogP contribution < -0.4 is 10.9 Å². The average molecular weight is 298 g/mol. The molecule has 2 aliphatic carbocycles. The first-order valence-corrected chi connectivity index (χ1v) is 7.66. The van der Waals surface area contributed by atoms with Crippen molar-refractivity contribution in [2.24, 2.45) is 5.92 Å². The Bertz CT molecular complexity index is 548. The largest absolute Gasteiger partial charge is 0.394 e. The van der Waals surface area contributed by atoms with Gasteiger partial charge in [0.25, 0.3) is 5.56 Å². The Kier molecular flexibility index (Phi) is 3.73. The van der Waals surface area contributed by atoms with Gasteiger partial charge in [0.15, 0.2) is 0 Å². The fraction of sp³-hybridized carbons (Fsp3) is 0.714. The maximum Gasteiger partial charge on any atom is 0.291 e. The number of hydrogen-bond donors (Lipinski definition) is 2. The molecule has 0 amide bonds. The number of nitrogens with zero attached hydrogens (tertiary/aromatic N) is 2. The van der Waals surface area contributed by atoms with Gasteiger partial charge in [0.05, 0.1) is 23.4 Å². The van der Waals surface area contributed by atoms with Gasteiger partial charge in [0, 0.05) is 6.54 Å². The lowest BCUT2D eigenvalue weighted by atomic mass is 9.98. The van der Waals surface area contributed by atoms with Crippen LogP contribution in [0.4, 0.5) is 5.69 Å². The van der Waals surface area contributed by atoms with E-state index >= 15 is 0 Å². The molecular formula is C14H20ClN3O2. The van der Waals surface area contributed by atoms with Crippen LogP contribution in [0.15, 0.2) is 11.0 Å². The van der Waals surface area contributed by atoms with Gasteiger partial charge in [0.1, 0.15) is 5.69 Å². The van der Waals surface area contributed by atoms with Crippen LogP contribution in [-0.4, -0.2) is 27.0 Å². The van der Waals surface area contributed by atoms with Gasteiger partial charge in [0.2, 0.25) is 0 Å². The number of halogens is 1. The summed E-state index contributed by atoms with van der Waals surface area (Å²) in [6.07, 6.45) is 7.71. The molecule has 110 valence electrons. The smallest absolute Gasteiger partial charge is 0.291 e. The third kappa shape index (κ3) is 2.69. The van der Waals surface area contributed by atoms with E-state index in [1.54, 1.807) is 0 Å². The topological polar surface area (TPSA) is 67.2 Å². The molecule has 2 fully saturated rings. The van der Waals surface area contributed by atoms with E-state index in [0.717, 1.165) is 25.7 Å². The minimum atomic E-state index is -0.401. The van der Waals surface area contributed by atoms with Crippen LogP contribution in [0.5, 0.6) is 0 Å². The number of rotatable bonds is 5. The van der Waals surface area contributed by atoms with E-state index in [2.05, 4.69) is 10.4 Å². The van der Waals surface area contributed by atoms with Crippen LogP contribution in [0.25, 0.3) is 0 Å². The van der Waals surface area contributed by atoms with E-state index in [9.17, 15) is 9.90 Å². The van der Waals surface area contributed by atoms with Gasteiger partial charge in [-0.2, -0.15) is 5.10 Å². The average Bonchev–Trinajstić information content (AvgIpc) is 3.14. The number of nitrogens with one attached hydrogen (secondary N) is 1. The lowest BCUT2D eigenvalue weighted by Crippen LogP contribution is -2.42. The zero-order valence-corrected chi connectivity index (χ0v) is 12.2. The fourth-order valence-corrected chi connectivity index (χ4v) is 3.07. The van der Waals surface area contributed by atoms with Gasteiger partial charge in [-0.3, -0.25) is 4.79 Å². The Morgan fingerprint density at radius 3 is 2.75 bits per heavy atom. The molecule has 0 bridgehead atoms. The third-order valence-electron chi connectivity index (χ3n) is 4.38. The Labute approximate surface area is 122 Å². The minimum Gasteiger partial charge on any atom is -0.394 e. The number of aliphatic hydroxyl groups is 1. The molecule has 6 heteroatoms. The molecule has 1 aromatic heterocycles. The Morgan fingerprint density at radius 1 is 1.45 bits per heavy atom. The molecule has 2 saturated carbocycles. The Balaban J connectivity index is 1.89. The van der Waals surface area contributed by atoms with Crippen molar-refractivity contribution < 1.29 is 5.11 Å². The molecule has 3 rings (SSSR count). The predicted octanol–water partition coefficient (Wildman–Crippen LogP) is 2.02. The number of anilines is 1. The lowest BCUT2D eigenvalue weighted by Gasteiger charge is -2.29. The van der Waals surface area contributed by atoms with Crippen molar-refractivity contribution in [3.8, 4) is 0 Å². The van der Waals surface area contributed by atoms with Gasteiger partial charge in [-0.25, -0.2) is 4.68 Å². The molecule has 2 N–H and O–H groups in total. The highest BCUT2D eigenvalue weighted by atomic mass is 35.5. The standard InChI is InChI=1S/C14H20ClN3O2/c15-11-7-16-18(8-10-3-4-10)13(20)12(11)17-14(9-19)5-1-2-6-14/h7,10,17,19H,1-6,8-9H2. The van der Waals surface area contributed by atoms with Crippen LogP contribution in [0.3, 0.4) is 0 Å². The molecule has 0 aliphatic heterocycles. The highest BCUT2D eigenvalue weighted by Crippen LogP contribution is 2.34. The molecule has 1 aromatic rings. The zero-order valence-electron chi connectivity index (χ0n) is 11.4. The molecule has 0 atom stereocenters. The lowest BCUT2D eigenvalue weighted by molar-refractivity contribution is 0.214. The SMILES string of the molecule is O=c1c(NC2(CO)CCCC2)c(Cl)cnn1CC1CC1. The molecule has 0 unspecified atom stereocenters. The van der Waals surface area contributed by atoms with Crippen LogP contribution >= 0.6 is 11.6 Å². The summed E-state index contributed by atoms with van der Waals surface area (Å²) in [5, 5.41) is 17.3. The van der Waals surface area contributed by atoms with Crippen LogP contribution in [0.2, 0.25) is 5.02 Å². The highest BCUT2D eigenvalue weighted by Gasteiger charge is 2.34. The second kappa shape index (κ2) is 5.37.